The van der Waals surface area contributed by atoms with Crippen LogP contribution in [0.25, 0.3) is 16.6 Å². The SMILES string of the molecule is Cc1cc(=O)c2c(NCCOCCOCCOCCOCCO)ncc(Cl)c2n1-c1c(Cl)cccc1Cl. The minimum atomic E-state index is -0.221. The fourth-order valence-corrected chi connectivity index (χ4v) is 4.42. The molecule has 0 fully saturated rings. The topological polar surface area (TPSA) is 104 Å². The molecule has 202 valence electrons. The van der Waals surface area contributed by atoms with Gasteiger partial charge < -0.3 is 33.9 Å². The van der Waals surface area contributed by atoms with E-state index in [4.69, 9.17) is 58.9 Å². The highest BCUT2D eigenvalue weighted by atomic mass is 35.5. The smallest absolute Gasteiger partial charge is 0.193 e. The number of ether oxygens (including phenoxy) is 4. The Balaban J connectivity index is 1.55. The molecule has 0 spiro atoms. The van der Waals surface area contributed by atoms with E-state index < -0.39 is 0 Å². The molecule has 0 saturated heterocycles. The molecule has 0 aliphatic carbocycles. The van der Waals surface area contributed by atoms with Crippen LogP contribution >= 0.6 is 34.8 Å². The van der Waals surface area contributed by atoms with Gasteiger partial charge in [-0.2, -0.15) is 0 Å². The zero-order valence-corrected chi connectivity index (χ0v) is 22.7. The number of aromatic nitrogens is 2. The van der Waals surface area contributed by atoms with E-state index in [0.717, 1.165) is 0 Å². The molecule has 3 rings (SSSR count). The highest BCUT2D eigenvalue weighted by molar-refractivity contribution is 6.38. The number of fused-ring (bicyclic) bond motifs is 1. The number of hydrogen-bond acceptors (Lipinski definition) is 8. The Labute approximate surface area is 230 Å². The van der Waals surface area contributed by atoms with Crippen molar-refractivity contribution in [3.8, 4) is 5.69 Å². The number of nitrogens with zero attached hydrogens (tertiary/aromatic N) is 2. The van der Waals surface area contributed by atoms with E-state index in [1.165, 1.54) is 12.3 Å². The van der Waals surface area contributed by atoms with Crippen molar-refractivity contribution >= 4 is 51.5 Å². The van der Waals surface area contributed by atoms with Gasteiger partial charge in [0.2, 0.25) is 0 Å². The summed E-state index contributed by atoms with van der Waals surface area (Å²) in [7, 11) is 0. The van der Waals surface area contributed by atoms with Gasteiger partial charge in [0.15, 0.2) is 5.43 Å². The molecule has 2 N–H and O–H groups in total. The van der Waals surface area contributed by atoms with Crippen molar-refractivity contribution in [3.05, 3.63) is 61.4 Å². The van der Waals surface area contributed by atoms with E-state index in [0.29, 0.717) is 103 Å². The lowest BCUT2D eigenvalue weighted by Gasteiger charge is -2.19. The van der Waals surface area contributed by atoms with Gasteiger partial charge in [-0.3, -0.25) is 4.79 Å². The number of hydrogen-bond donors (Lipinski definition) is 2. The maximum absolute atomic E-state index is 13.0. The molecular weight excluding hydrogens is 545 g/mol. The molecule has 2 aromatic heterocycles. The summed E-state index contributed by atoms with van der Waals surface area (Å²) in [6.45, 7) is 5.53. The van der Waals surface area contributed by atoms with Gasteiger partial charge in [-0.15, -0.1) is 0 Å². The normalized spacial score (nSPS) is 11.4. The van der Waals surface area contributed by atoms with Gasteiger partial charge in [0.05, 0.1) is 97.3 Å². The van der Waals surface area contributed by atoms with E-state index in [-0.39, 0.29) is 12.0 Å². The third-order valence-electron chi connectivity index (χ3n) is 5.22. The summed E-state index contributed by atoms with van der Waals surface area (Å²) in [5, 5.41) is 13.3. The Morgan fingerprint density at radius 3 is 2.05 bits per heavy atom. The zero-order valence-electron chi connectivity index (χ0n) is 20.5. The molecule has 0 bridgehead atoms. The molecule has 0 radical (unpaired) electrons. The second-order valence-electron chi connectivity index (χ2n) is 7.83. The quantitative estimate of drug-likeness (QED) is 0.246. The lowest BCUT2D eigenvalue weighted by molar-refractivity contribution is -0.00463. The van der Waals surface area contributed by atoms with Gasteiger partial charge in [-0.25, -0.2) is 4.98 Å². The van der Waals surface area contributed by atoms with Crippen LogP contribution in [0.1, 0.15) is 5.69 Å². The molecule has 9 nitrogen and oxygen atoms in total. The van der Waals surface area contributed by atoms with E-state index in [9.17, 15) is 4.79 Å². The maximum atomic E-state index is 13.0. The van der Waals surface area contributed by atoms with Crippen LogP contribution in [0.5, 0.6) is 0 Å². The van der Waals surface area contributed by atoms with Gasteiger partial charge in [0, 0.05) is 18.3 Å². The summed E-state index contributed by atoms with van der Waals surface area (Å²) >= 11 is 19.5. The molecule has 0 unspecified atom stereocenters. The Hall–Kier alpha value is -1.95. The highest BCUT2D eigenvalue weighted by Gasteiger charge is 2.19. The molecule has 0 aliphatic heterocycles. The zero-order chi connectivity index (χ0) is 26.6. The lowest BCUT2D eigenvalue weighted by Crippen LogP contribution is -2.18. The predicted molar refractivity (Wildman–Crippen MR) is 146 cm³/mol. The van der Waals surface area contributed by atoms with Crippen molar-refractivity contribution in [1.82, 2.24) is 9.55 Å². The molecule has 0 saturated carbocycles. The van der Waals surface area contributed by atoms with Crippen molar-refractivity contribution in [3.63, 3.8) is 0 Å². The van der Waals surface area contributed by atoms with Crippen LogP contribution in [0.4, 0.5) is 5.82 Å². The number of aryl methyl sites for hydroxylation is 1. The van der Waals surface area contributed by atoms with Gasteiger partial charge in [-0.1, -0.05) is 40.9 Å². The monoisotopic (exact) mass is 573 g/mol. The van der Waals surface area contributed by atoms with Crippen molar-refractivity contribution in [2.24, 2.45) is 0 Å². The maximum Gasteiger partial charge on any atom is 0.193 e. The summed E-state index contributed by atoms with van der Waals surface area (Å²) in [5.41, 5.74) is 1.42. The molecule has 1 aromatic carbocycles. The summed E-state index contributed by atoms with van der Waals surface area (Å²) in [5.74, 6) is 0.390. The number of benzene rings is 1. The van der Waals surface area contributed by atoms with Gasteiger partial charge in [0.25, 0.3) is 0 Å². The summed E-state index contributed by atoms with van der Waals surface area (Å²) in [6.07, 6.45) is 1.49. The highest BCUT2D eigenvalue weighted by Crippen LogP contribution is 2.35. The summed E-state index contributed by atoms with van der Waals surface area (Å²) in [6, 6.07) is 6.71. The molecule has 2 heterocycles. The molecule has 0 amide bonds. The second kappa shape index (κ2) is 15.5. The largest absolute Gasteiger partial charge is 0.394 e. The number of rotatable bonds is 16. The van der Waals surface area contributed by atoms with E-state index in [1.807, 2.05) is 0 Å². The molecule has 0 aliphatic rings. The molecule has 0 atom stereocenters. The van der Waals surface area contributed by atoms with Crippen molar-refractivity contribution in [2.45, 2.75) is 6.92 Å². The van der Waals surface area contributed by atoms with Crippen LogP contribution in [0.3, 0.4) is 0 Å². The van der Waals surface area contributed by atoms with Crippen LogP contribution in [0.15, 0.2) is 35.3 Å². The van der Waals surface area contributed by atoms with Crippen LogP contribution in [-0.4, -0.2) is 80.7 Å². The number of halogens is 3. The number of nitrogens with one attached hydrogen (secondary N) is 1. The first-order valence-electron chi connectivity index (χ1n) is 11.8. The first-order valence-corrected chi connectivity index (χ1v) is 12.9. The Morgan fingerprint density at radius 1 is 0.892 bits per heavy atom. The molecule has 3 aromatic rings. The fourth-order valence-electron chi connectivity index (χ4n) is 3.63. The average Bonchev–Trinajstić information content (AvgIpc) is 2.86. The van der Waals surface area contributed by atoms with Crippen LogP contribution in [0.2, 0.25) is 15.1 Å². The van der Waals surface area contributed by atoms with Crippen LogP contribution in [0, 0.1) is 6.92 Å². The van der Waals surface area contributed by atoms with Crippen molar-refractivity contribution < 1.29 is 24.1 Å². The first kappa shape index (κ1) is 29.6. The Morgan fingerprint density at radius 2 is 1.46 bits per heavy atom. The van der Waals surface area contributed by atoms with E-state index in [1.54, 1.807) is 29.7 Å². The van der Waals surface area contributed by atoms with E-state index in [2.05, 4.69) is 10.3 Å². The predicted octanol–water partition coefficient (Wildman–Crippen LogP) is 4.12. The average molecular weight is 575 g/mol. The third-order valence-corrected chi connectivity index (χ3v) is 6.11. The minimum absolute atomic E-state index is 0.00369. The second-order valence-corrected chi connectivity index (χ2v) is 9.06. The van der Waals surface area contributed by atoms with E-state index >= 15 is 0 Å². The van der Waals surface area contributed by atoms with Gasteiger partial charge >= 0.3 is 0 Å². The van der Waals surface area contributed by atoms with Crippen molar-refractivity contribution in [1.29, 1.82) is 0 Å². The van der Waals surface area contributed by atoms with Crippen LogP contribution in [-0.2, 0) is 18.9 Å². The molecular formula is C25H30Cl3N3O6. The van der Waals surface area contributed by atoms with Crippen molar-refractivity contribution in [2.75, 3.05) is 71.3 Å². The van der Waals surface area contributed by atoms with Crippen LogP contribution < -0.4 is 10.7 Å². The number of para-hydroxylation sites is 1. The Bertz CT molecular complexity index is 1200. The van der Waals surface area contributed by atoms with Gasteiger partial charge in [-0.05, 0) is 19.1 Å². The van der Waals surface area contributed by atoms with Gasteiger partial charge in [0.1, 0.15) is 5.82 Å². The lowest BCUT2D eigenvalue weighted by atomic mass is 10.1. The first-order chi connectivity index (χ1) is 18.0. The number of aliphatic hydroxyl groups is 1. The number of aliphatic hydroxyl groups excluding tert-OH is 1. The standard InChI is InChI=1S/C25H30Cl3N3O6/c1-17-15-21(33)22-24(31(17)23-18(26)3-2-4-19(23)27)20(28)16-30-25(22)29-5-7-34-9-11-36-13-14-37-12-10-35-8-6-32/h2-4,15-16,32H,5-14H2,1H3,(H,29,30). The number of pyridine rings is 2. The Kier molecular flexibility index (Phi) is 12.4. The summed E-state index contributed by atoms with van der Waals surface area (Å²) < 4.78 is 23.3. The fraction of sp³-hybridized carbons (Fsp3) is 0.440. The molecule has 12 heteroatoms. The minimum Gasteiger partial charge on any atom is -0.394 e. The number of anilines is 1. The molecule has 37 heavy (non-hydrogen) atoms. The summed E-state index contributed by atoms with van der Waals surface area (Å²) in [4.78, 5) is 17.3. The third kappa shape index (κ3) is 8.27.